The number of fused-ring (bicyclic) bond motifs is 3. The van der Waals surface area contributed by atoms with Crippen LogP contribution in [0.1, 0.15) is 72.1 Å². The van der Waals surface area contributed by atoms with Crippen LogP contribution in [-0.4, -0.2) is 36.0 Å². The Bertz CT molecular complexity index is 344. The number of piperidine rings is 1. The maximum Gasteiger partial charge on any atom is 0.240 e. The molecule has 3 nitrogen and oxygen atoms in total. The lowest BCUT2D eigenvalue weighted by atomic mass is 9.68. The van der Waals surface area contributed by atoms with E-state index in [0.717, 1.165) is 18.3 Å². The first-order valence-corrected chi connectivity index (χ1v) is 9.21. The van der Waals surface area contributed by atoms with Crippen LogP contribution in [-0.2, 0) is 4.79 Å². The molecule has 0 spiro atoms. The molecule has 1 saturated carbocycles. The number of carbonyl (C=O) groups excluding carboxylic acids is 1. The molecule has 3 fully saturated rings. The fourth-order valence-corrected chi connectivity index (χ4v) is 4.96. The van der Waals surface area contributed by atoms with E-state index < -0.39 is 0 Å². The van der Waals surface area contributed by atoms with E-state index in [1.807, 2.05) is 20.9 Å². The van der Waals surface area contributed by atoms with E-state index in [4.69, 9.17) is 0 Å². The van der Waals surface area contributed by atoms with Crippen molar-refractivity contribution >= 4 is 5.91 Å². The molecule has 5 atom stereocenters. The van der Waals surface area contributed by atoms with E-state index in [1.165, 1.54) is 44.9 Å². The summed E-state index contributed by atoms with van der Waals surface area (Å²) in [4.78, 5) is 15.0. The highest BCUT2D eigenvalue weighted by atomic mass is 16.2. The van der Waals surface area contributed by atoms with Gasteiger partial charge in [-0.25, -0.2) is 0 Å². The second-order valence-corrected chi connectivity index (χ2v) is 6.88. The first kappa shape index (κ1) is 16.8. The summed E-state index contributed by atoms with van der Waals surface area (Å²) in [5.74, 6) is 2.06. The van der Waals surface area contributed by atoms with E-state index in [-0.39, 0.29) is 6.04 Å². The van der Waals surface area contributed by atoms with Gasteiger partial charge in [-0.3, -0.25) is 4.79 Å². The van der Waals surface area contributed by atoms with Gasteiger partial charge in [0.05, 0.1) is 6.04 Å². The Balaban J connectivity index is 0.000000774. The van der Waals surface area contributed by atoms with Crippen LogP contribution < -0.4 is 5.32 Å². The van der Waals surface area contributed by atoms with Crippen LogP contribution in [0.3, 0.4) is 0 Å². The van der Waals surface area contributed by atoms with Crippen molar-refractivity contribution in [3.05, 3.63) is 0 Å². The van der Waals surface area contributed by atoms with Crippen molar-refractivity contribution in [3.63, 3.8) is 0 Å². The molecule has 0 radical (unpaired) electrons. The van der Waals surface area contributed by atoms with Gasteiger partial charge < -0.3 is 10.2 Å². The third kappa shape index (κ3) is 3.28. The summed E-state index contributed by atoms with van der Waals surface area (Å²) < 4.78 is 0. The van der Waals surface area contributed by atoms with E-state index in [1.54, 1.807) is 0 Å². The maximum atomic E-state index is 12.8. The zero-order chi connectivity index (χ0) is 15.4. The van der Waals surface area contributed by atoms with Gasteiger partial charge in [-0.05, 0) is 57.9 Å². The normalized spacial score (nSPS) is 39.5. The Morgan fingerprint density at radius 1 is 1.05 bits per heavy atom. The molecule has 0 aromatic rings. The zero-order valence-corrected chi connectivity index (χ0v) is 14.4. The lowest BCUT2D eigenvalue weighted by molar-refractivity contribution is -0.144. The Labute approximate surface area is 130 Å². The number of carbonyl (C=O) groups is 1. The monoisotopic (exact) mass is 294 g/mol. The SMILES string of the molecule is CC.CN[C@H]1CCCC2C3CCCCC3C[C@@H](C)N2C1=O. The smallest absolute Gasteiger partial charge is 0.240 e. The van der Waals surface area contributed by atoms with E-state index in [9.17, 15) is 4.79 Å². The van der Waals surface area contributed by atoms with Crippen molar-refractivity contribution in [3.8, 4) is 0 Å². The zero-order valence-electron chi connectivity index (χ0n) is 14.4. The van der Waals surface area contributed by atoms with Gasteiger partial charge in [0.25, 0.3) is 0 Å². The average Bonchev–Trinajstić information content (AvgIpc) is 2.69. The lowest BCUT2D eigenvalue weighted by Crippen LogP contribution is -2.58. The highest BCUT2D eigenvalue weighted by Crippen LogP contribution is 2.44. The van der Waals surface area contributed by atoms with Crippen LogP contribution in [0, 0.1) is 11.8 Å². The van der Waals surface area contributed by atoms with Crippen LogP contribution in [0.2, 0.25) is 0 Å². The molecule has 21 heavy (non-hydrogen) atoms. The van der Waals surface area contributed by atoms with Crippen LogP contribution in [0.5, 0.6) is 0 Å². The number of nitrogens with zero attached hydrogens (tertiary/aromatic N) is 1. The minimum absolute atomic E-state index is 0.0626. The molecule has 0 aromatic carbocycles. The van der Waals surface area contributed by atoms with Crippen molar-refractivity contribution in [1.82, 2.24) is 10.2 Å². The number of amides is 1. The summed E-state index contributed by atoms with van der Waals surface area (Å²) in [6, 6.07) is 1.05. The topological polar surface area (TPSA) is 32.3 Å². The molecule has 122 valence electrons. The number of rotatable bonds is 1. The van der Waals surface area contributed by atoms with Gasteiger partial charge in [0.2, 0.25) is 5.91 Å². The minimum Gasteiger partial charge on any atom is -0.335 e. The molecule has 2 saturated heterocycles. The van der Waals surface area contributed by atoms with Crippen LogP contribution >= 0.6 is 0 Å². The van der Waals surface area contributed by atoms with E-state index in [0.29, 0.717) is 18.0 Å². The van der Waals surface area contributed by atoms with Gasteiger partial charge >= 0.3 is 0 Å². The van der Waals surface area contributed by atoms with Crippen LogP contribution in [0.4, 0.5) is 0 Å². The van der Waals surface area contributed by atoms with Gasteiger partial charge in [-0.2, -0.15) is 0 Å². The number of hydrogen-bond acceptors (Lipinski definition) is 2. The first-order chi connectivity index (χ1) is 10.2. The molecule has 1 aliphatic carbocycles. The number of nitrogens with one attached hydrogen (secondary N) is 1. The Kier molecular flexibility index (Phi) is 6.09. The fourth-order valence-electron chi connectivity index (χ4n) is 4.96. The summed E-state index contributed by atoms with van der Waals surface area (Å²) in [5, 5.41) is 3.23. The second-order valence-electron chi connectivity index (χ2n) is 6.88. The number of likely N-dealkylation sites (N-methyl/N-ethyl adjacent to an activating group) is 1. The van der Waals surface area contributed by atoms with Crippen molar-refractivity contribution in [1.29, 1.82) is 0 Å². The molecule has 0 aromatic heterocycles. The maximum absolute atomic E-state index is 12.8. The third-order valence-electron chi connectivity index (χ3n) is 5.83. The molecule has 1 amide bonds. The minimum atomic E-state index is 0.0626. The van der Waals surface area contributed by atoms with E-state index in [2.05, 4.69) is 17.1 Å². The van der Waals surface area contributed by atoms with Crippen LogP contribution in [0.15, 0.2) is 0 Å². The summed E-state index contributed by atoms with van der Waals surface area (Å²) >= 11 is 0. The summed E-state index contributed by atoms with van der Waals surface area (Å²) in [5.41, 5.74) is 0. The first-order valence-electron chi connectivity index (χ1n) is 9.21. The molecule has 3 rings (SSSR count). The van der Waals surface area contributed by atoms with Crippen molar-refractivity contribution in [2.24, 2.45) is 11.8 Å². The van der Waals surface area contributed by atoms with Gasteiger partial charge in [-0.15, -0.1) is 0 Å². The summed E-state index contributed by atoms with van der Waals surface area (Å²) in [6.07, 6.45) is 10.2. The highest BCUT2D eigenvalue weighted by Gasteiger charge is 2.46. The molecule has 3 aliphatic rings. The predicted molar refractivity (Wildman–Crippen MR) is 88.2 cm³/mol. The summed E-state index contributed by atoms with van der Waals surface area (Å²) in [6.45, 7) is 6.27. The highest BCUT2D eigenvalue weighted by molar-refractivity contribution is 5.83. The Morgan fingerprint density at radius 3 is 2.48 bits per heavy atom. The molecule has 2 heterocycles. The van der Waals surface area contributed by atoms with Crippen molar-refractivity contribution < 1.29 is 4.79 Å². The van der Waals surface area contributed by atoms with E-state index >= 15 is 0 Å². The lowest BCUT2D eigenvalue weighted by Gasteiger charge is -2.51. The standard InChI is InChI=1S/C16H28N2O.C2H6/c1-11-10-12-6-3-4-7-13(12)15-9-5-8-14(17-2)16(19)18(11)15;1-2/h11-15,17H,3-10H2,1-2H3;1-2H3/t11-,12?,13?,14+,15?;/m1./s1. The molecule has 3 unspecified atom stereocenters. The molecular weight excluding hydrogens is 260 g/mol. The average molecular weight is 294 g/mol. The quantitative estimate of drug-likeness (QED) is 0.801. The summed E-state index contributed by atoms with van der Waals surface area (Å²) in [7, 11) is 1.93. The van der Waals surface area contributed by atoms with Gasteiger partial charge in [0, 0.05) is 12.1 Å². The largest absolute Gasteiger partial charge is 0.335 e. The Morgan fingerprint density at radius 2 is 1.76 bits per heavy atom. The second kappa shape index (κ2) is 7.62. The fraction of sp³-hybridized carbons (Fsp3) is 0.944. The molecule has 1 N–H and O–H groups in total. The molecule has 3 heteroatoms. The van der Waals surface area contributed by atoms with Gasteiger partial charge in [0.15, 0.2) is 0 Å². The van der Waals surface area contributed by atoms with Crippen molar-refractivity contribution in [2.45, 2.75) is 90.3 Å². The van der Waals surface area contributed by atoms with Crippen LogP contribution in [0.25, 0.3) is 0 Å². The van der Waals surface area contributed by atoms with Gasteiger partial charge in [0.1, 0.15) is 0 Å². The molecular formula is C18H34N2O. The third-order valence-corrected chi connectivity index (χ3v) is 5.83. The number of hydrogen-bond donors (Lipinski definition) is 1. The molecule has 0 bridgehead atoms. The predicted octanol–water partition coefficient (Wildman–Crippen LogP) is 3.58. The van der Waals surface area contributed by atoms with Gasteiger partial charge in [-0.1, -0.05) is 33.1 Å². The molecule has 2 aliphatic heterocycles. The Hall–Kier alpha value is -0.570. The van der Waals surface area contributed by atoms with Crippen molar-refractivity contribution in [2.75, 3.05) is 7.05 Å².